The molecule has 1 aromatic rings. The Hall–Kier alpha value is -2.75. The molecule has 1 heterocycles. The Morgan fingerprint density at radius 3 is 2.24 bits per heavy atom. The van der Waals surface area contributed by atoms with E-state index < -0.39 is 46.7 Å². The lowest BCUT2D eigenvalue weighted by Crippen LogP contribution is -2.57. The second-order valence-electron chi connectivity index (χ2n) is 6.68. The van der Waals surface area contributed by atoms with Gasteiger partial charge in [0.1, 0.15) is 12.2 Å². The average Bonchev–Trinajstić information content (AvgIpc) is 2.42. The van der Waals surface area contributed by atoms with Crippen LogP contribution in [0.1, 0.15) is 30.3 Å². The number of quaternary nitrogens is 1. The average molecular weight is 356 g/mol. The van der Waals surface area contributed by atoms with E-state index in [1.54, 1.807) is 21.1 Å². The van der Waals surface area contributed by atoms with Crippen LogP contribution in [-0.2, 0) is 14.3 Å². The summed E-state index contributed by atoms with van der Waals surface area (Å²) in [4.78, 5) is 62.7. The number of ketones is 1. The van der Waals surface area contributed by atoms with E-state index in [1.807, 2.05) is 4.98 Å². The molecular formula is C15H22N3O7+. The molecule has 0 fully saturated rings. The zero-order valence-corrected chi connectivity index (χ0v) is 14.5. The number of rotatable bonds is 8. The summed E-state index contributed by atoms with van der Waals surface area (Å²) in [5.74, 6) is -3.04. The molecule has 0 bridgehead atoms. The number of aromatic amines is 2. The highest BCUT2D eigenvalue weighted by molar-refractivity contribution is 5.96. The number of likely N-dealkylation sites (N-methyl/N-ethyl adjacent to an activating group) is 1. The topological polar surface area (TPSA) is 146 Å². The molecule has 0 aliphatic carbocycles. The highest BCUT2D eigenvalue weighted by Crippen LogP contribution is 2.24. The fourth-order valence-corrected chi connectivity index (χ4v) is 2.51. The minimum absolute atomic E-state index is 0.0492. The molecule has 10 nitrogen and oxygen atoms in total. The fraction of sp³-hybridized carbons (Fsp3) is 0.533. The molecule has 0 radical (unpaired) electrons. The lowest BCUT2D eigenvalue weighted by atomic mass is 9.90. The van der Waals surface area contributed by atoms with E-state index in [-0.39, 0.29) is 17.4 Å². The number of H-pyrrole nitrogens is 2. The van der Waals surface area contributed by atoms with E-state index in [0.29, 0.717) is 0 Å². The van der Waals surface area contributed by atoms with Gasteiger partial charge in [0.2, 0.25) is 5.60 Å². The number of aromatic nitrogens is 2. The van der Waals surface area contributed by atoms with Crippen LogP contribution in [0.25, 0.3) is 0 Å². The highest BCUT2D eigenvalue weighted by Gasteiger charge is 2.48. The van der Waals surface area contributed by atoms with Gasteiger partial charge in [-0.05, 0) is 0 Å². The number of ether oxygens (including phenoxy) is 1. The fourth-order valence-electron chi connectivity index (χ4n) is 2.51. The molecule has 1 atom stereocenters. The Kier molecular flexibility index (Phi) is 6.03. The smallest absolute Gasteiger partial charge is 0.356 e. The molecule has 0 unspecified atom stereocenters. The van der Waals surface area contributed by atoms with Gasteiger partial charge in [-0.1, -0.05) is 6.92 Å². The first kappa shape index (κ1) is 20.3. The minimum Gasteiger partial charge on any atom is -0.481 e. The summed E-state index contributed by atoms with van der Waals surface area (Å²) in [6.45, 7) is 1.43. The number of aliphatic carboxylic acids is 1. The van der Waals surface area contributed by atoms with Gasteiger partial charge < -0.3 is 19.3 Å². The van der Waals surface area contributed by atoms with Crippen LogP contribution in [0, 0.1) is 0 Å². The summed E-state index contributed by atoms with van der Waals surface area (Å²) >= 11 is 0. The van der Waals surface area contributed by atoms with Crippen molar-refractivity contribution < 1.29 is 28.7 Å². The van der Waals surface area contributed by atoms with Crippen LogP contribution >= 0.6 is 0 Å². The number of carboxylic acid groups (broad SMARTS) is 1. The zero-order valence-electron chi connectivity index (χ0n) is 14.5. The van der Waals surface area contributed by atoms with Crippen molar-refractivity contribution in [2.24, 2.45) is 0 Å². The first-order chi connectivity index (χ1) is 11.4. The molecule has 10 heteroatoms. The van der Waals surface area contributed by atoms with Crippen LogP contribution in [-0.4, -0.2) is 70.6 Å². The maximum atomic E-state index is 12.5. The third-order valence-electron chi connectivity index (χ3n) is 3.26. The van der Waals surface area contributed by atoms with E-state index in [9.17, 15) is 29.1 Å². The van der Waals surface area contributed by atoms with Crippen molar-refractivity contribution in [2.75, 3.05) is 27.7 Å². The van der Waals surface area contributed by atoms with Crippen molar-refractivity contribution in [3.05, 3.63) is 32.6 Å². The number of esters is 1. The first-order valence-corrected chi connectivity index (χ1v) is 7.51. The molecule has 0 spiro atoms. The Bertz CT molecular complexity index is 759. The normalized spacial score (nSPS) is 13.8. The number of hydrogen-bond acceptors (Lipinski definition) is 6. The molecule has 1 aromatic heterocycles. The summed E-state index contributed by atoms with van der Waals surface area (Å²) in [5.41, 5.74) is -4.13. The van der Waals surface area contributed by atoms with Gasteiger partial charge in [-0.15, -0.1) is 0 Å². The van der Waals surface area contributed by atoms with Crippen molar-refractivity contribution in [3.63, 3.8) is 0 Å². The molecule has 0 saturated heterocycles. The second kappa shape index (κ2) is 7.43. The Labute approximate surface area is 143 Å². The largest absolute Gasteiger partial charge is 0.481 e. The molecular weight excluding hydrogens is 334 g/mol. The van der Waals surface area contributed by atoms with E-state index in [1.165, 1.54) is 6.92 Å². The molecule has 0 aromatic carbocycles. The van der Waals surface area contributed by atoms with Crippen LogP contribution in [0.2, 0.25) is 0 Å². The molecule has 1 rings (SSSR count). The standard InChI is InChI=1S/C15H21N3O7/c1-5-10(19)15(7-12(21)22,8-18(2,3)4)25-13(23)9-6-11(20)17-14(24)16-9/h6H,5,7-8H2,1-4H3,(H2-,16,17,20,21,22,24)/p+1/t15-/m1/s1. The number of nitrogens with zero attached hydrogens (tertiary/aromatic N) is 1. The lowest BCUT2D eigenvalue weighted by molar-refractivity contribution is -0.875. The van der Waals surface area contributed by atoms with Gasteiger partial charge in [0.05, 0.1) is 27.6 Å². The number of carboxylic acids is 1. The van der Waals surface area contributed by atoms with Crippen LogP contribution in [0.5, 0.6) is 0 Å². The number of Topliss-reactive ketones (excluding diaryl/α,β-unsaturated/α-hetero) is 1. The van der Waals surface area contributed by atoms with Gasteiger partial charge >= 0.3 is 17.6 Å². The van der Waals surface area contributed by atoms with Gasteiger partial charge in [0.15, 0.2) is 5.78 Å². The summed E-state index contributed by atoms with van der Waals surface area (Å²) < 4.78 is 5.42. The third-order valence-corrected chi connectivity index (χ3v) is 3.26. The van der Waals surface area contributed by atoms with Crippen LogP contribution < -0.4 is 11.2 Å². The quantitative estimate of drug-likeness (QED) is 0.405. The second-order valence-corrected chi connectivity index (χ2v) is 6.68. The Balaban J connectivity index is 3.36. The predicted octanol–water partition coefficient (Wildman–Crippen LogP) is -0.881. The van der Waals surface area contributed by atoms with E-state index >= 15 is 0 Å². The highest BCUT2D eigenvalue weighted by atomic mass is 16.6. The minimum atomic E-state index is -1.92. The van der Waals surface area contributed by atoms with Gasteiger partial charge in [-0.25, -0.2) is 9.59 Å². The monoisotopic (exact) mass is 356 g/mol. The Morgan fingerprint density at radius 2 is 1.80 bits per heavy atom. The van der Waals surface area contributed by atoms with Crippen LogP contribution in [0.4, 0.5) is 0 Å². The van der Waals surface area contributed by atoms with Crippen molar-refractivity contribution in [1.29, 1.82) is 0 Å². The number of nitrogens with one attached hydrogen (secondary N) is 2. The van der Waals surface area contributed by atoms with Gasteiger partial charge in [-0.3, -0.25) is 19.4 Å². The summed E-state index contributed by atoms with van der Waals surface area (Å²) in [7, 11) is 5.13. The summed E-state index contributed by atoms with van der Waals surface area (Å²) in [6.07, 6.45) is -0.777. The van der Waals surface area contributed by atoms with Crippen molar-refractivity contribution in [3.8, 4) is 0 Å². The summed E-state index contributed by atoms with van der Waals surface area (Å²) in [5, 5.41) is 9.20. The predicted molar refractivity (Wildman–Crippen MR) is 86.3 cm³/mol. The third kappa shape index (κ3) is 5.68. The van der Waals surface area contributed by atoms with Crippen LogP contribution in [0.15, 0.2) is 15.7 Å². The Morgan fingerprint density at radius 1 is 1.20 bits per heavy atom. The van der Waals surface area contributed by atoms with Gasteiger partial charge in [0, 0.05) is 12.5 Å². The summed E-state index contributed by atoms with van der Waals surface area (Å²) in [6, 6.07) is 0.803. The van der Waals surface area contributed by atoms with Gasteiger partial charge in [0.25, 0.3) is 5.56 Å². The van der Waals surface area contributed by atoms with E-state index in [4.69, 9.17) is 4.74 Å². The molecule has 25 heavy (non-hydrogen) atoms. The first-order valence-electron chi connectivity index (χ1n) is 7.51. The molecule has 0 amide bonds. The van der Waals surface area contributed by atoms with Crippen LogP contribution in [0.3, 0.4) is 0 Å². The number of hydrogen-bond donors (Lipinski definition) is 3. The van der Waals surface area contributed by atoms with Gasteiger partial charge in [-0.2, -0.15) is 0 Å². The SMILES string of the molecule is CCC(=O)[C@@](CC(=O)O)(C[N+](C)(C)C)OC(=O)c1cc(=O)[nH]c(=O)[nH]1. The number of carbonyl (C=O) groups is 3. The number of carbonyl (C=O) groups excluding carboxylic acids is 2. The molecule has 0 aliphatic rings. The molecule has 138 valence electrons. The zero-order chi connectivity index (χ0) is 19.4. The van der Waals surface area contributed by atoms with E-state index in [0.717, 1.165) is 6.07 Å². The van der Waals surface area contributed by atoms with Crippen molar-refractivity contribution in [2.45, 2.75) is 25.4 Å². The van der Waals surface area contributed by atoms with Crippen molar-refractivity contribution >= 4 is 17.7 Å². The molecule has 0 aliphatic heterocycles. The van der Waals surface area contributed by atoms with E-state index in [2.05, 4.69) is 4.98 Å². The maximum Gasteiger partial charge on any atom is 0.356 e. The molecule has 0 saturated carbocycles. The maximum absolute atomic E-state index is 12.5. The van der Waals surface area contributed by atoms with Crippen molar-refractivity contribution in [1.82, 2.24) is 9.97 Å². The lowest BCUT2D eigenvalue weighted by Gasteiger charge is -2.36. The molecule has 3 N–H and O–H groups in total.